The molecule has 9 heteroatoms. The lowest BCUT2D eigenvalue weighted by Crippen LogP contribution is -2.54. The minimum absolute atomic E-state index is 0.261. The molecule has 9 rings (SSSR count). The van der Waals surface area contributed by atoms with Gasteiger partial charge in [0.2, 0.25) is 11.8 Å². The highest BCUT2D eigenvalue weighted by Crippen LogP contribution is 2.68. The Balaban J connectivity index is 0.959. The standard InChI is InChI=1S/C44H68N4O5/c1-32-9-6-26-52-41-12-4-10-39(47-41)45-22-7-24-49-27-29-51-30-28-50-25-8-23-46-40-11-5-13-42(48-40)53-34-18-20-43(2)33(31-34)14-15-35-37-17-16-36(32)44(37,3)21-19-38(35)43/h4-5,10-13,32-38H,6-9,14-31H2,1-3H3,(H,45,47)(H,46,48)/t32-,33-,34+,35+,36-,37+,38+,43+,44-/m1/s1. The van der Waals surface area contributed by atoms with E-state index in [1.54, 1.807) is 0 Å². The average molecular weight is 733 g/mol. The van der Waals surface area contributed by atoms with Crippen LogP contribution in [0.4, 0.5) is 11.6 Å². The summed E-state index contributed by atoms with van der Waals surface area (Å²) in [4.78, 5) is 9.54. The summed E-state index contributed by atoms with van der Waals surface area (Å²) in [6.45, 7) is 13.9. The van der Waals surface area contributed by atoms with Crippen LogP contribution >= 0.6 is 0 Å². The molecule has 3 aliphatic heterocycles. The zero-order chi connectivity index (χ0) is 36.5. The van der Waals surface area contributed by atoms with Gasteiger partial charge in [-0.05, 0) is 142 Å². The Morgan fingerprint density at radius 2 is 1.23 bits per heavy atom. The zero-order valence-corrected chi connectivity index (χ0v) is 33.0. The molecule has 0 amide bonds. The van der Waals surface area contributed by atoms with Crippen LogP contribution in [-0.2, 0) is 14.2 Å². The van der Waals surface area contributed by atoms with Crippen molar-refractivity contribution in [2.24, 2.45) is 46.3 Å². The number of nitrogens with zero attached hydrogens (tertiary/aromatic N) is 2. The van der Waals surface area contributed by atoms with Crippen LogP contribution in [0.15, 0.2) is 36.4 Å². The Morgan fingerprint density at radius 3 is 1.96 bits per heavy atom. The van der Waals surface area contributed by atoms with Crippen LogP contribution in [0, 0.1) is 46.3 Å². The van der Waals surface area contributed by atoms with Gasteiger partial charge in [0.25, 0.3) is 0 Å². The molecule has 9 atom stereocenters. The van der Waals surface area contributed by atoms with Crippen molar-refractivity contribution in [2.45, 2.75) is 110 Å². The Hall–Kier alpha value is -2.62. The Labute approximate surface area is 319 Å². The number of nitrogens with one attached hydrogen (secondary N) is 2. The maximum Gasteiger partial charge on any atom is 0.215 e. The van der Waals surface area contributed by atoms with Gasteiger partial charge in [-0.2, -0.15) is 9.97 Å². The van der Waals surface area contributed by atoms with E-state index in [0.717, 1.165) is 98.4 Å². The van der Waals surface area contributed by atoms with Crippen LogP contribution in [0.3, 0.4) is 0 Å². The van der Waals surface area contributed by atoms with E-state index in [2.05, 4.69) is 37.5 Å². The van der Waals surface area contributed by atoms with E-state index in [9.17, 15) is 0 Å². The number of rotatable bonds is 0. The van der Waals surface area contributed by atoms with Gasteiger partial charge in [-0.15, -0.1) is 0 Å². The minimum atomic E-state index is 0.261. The van der Waals surface area contributed by atoms with Crippen LogP contribution in [-0.4, -0.2) is 75.4 Å². The van der Waals surface area contributed by atoms with E-state index >= 15 is 0 Å². The van der Waals surface area contributed by atoms with Crippen LogP contribution in [0.5, 0.6) is 11.8 Å². The smallest absolute Gasteiger partial charge is 0.215 e. The lowest BCUT2D eigenvalue weighted by Gasteiger charge is -2.61. The maximum absolute atomic E-state index is 6.62. The fourth-order valence-electron chi connectivity index (χ4n) is 11.8. The summed E-state index contributed by atoms with van der Waals surface area (Å²) in [6, 6.07) is 12.1. The van der Waals surface area contributed by atoms with E-state index < -0.39 is 0 Å². The highest BCUT2D eigenvalue weighted by atomic mass is 16.5. The first kappa shape index (κ1) is 38.6. The molecular weight excluding hydrogens is 665 g/mol. The third kappa shape index (κ3) is 9.44. The van der Waals surface area contributed by atoms with E-state index in [4.69, 9.17) is 33.7 Å². The molecule has 2 aromatic rings. The van der Waals surface area contributed by atoms with Gasteiger partial charge in [0.1, 0.15) is 17.7 Å². The molecule has 4 fully saturated rings. The molecule has 0 radical (unpaired) electrons. The summed E-state index contributed by atoms with van der Waals surface area (Å²) >= 11 is 0. The molecule has 7 aliphatic rings. The largest absolute Gasteiger partial charge is 0.478 e. The van der Waals surface area contributed by atoms with Gasteiger partial charge < -0.3 is 34.3 Å². The normalized spacial score (nSPS) is 36.8. The summed E-state index contributed by atoms with van der Waals surface area (Å²) in [5.74, 6) is 8.16. The molecule has 12 bridgehead atoms. The van der Waals surface area contributed by atoms with Crippen molar-refractivity contribution in [2.75, 3.05) is 70.0 Å². The second kappa shape index (κ2) is 18.3. The first-order chi connectivity index (χ1) is 25.9. The van der Waals surface area contributed by atoms with Gasteiger partial charge in [-0.1, -0.05) is 32.9 Å². The number of ether oxygens (including phenoxy) is 5. The van der Waals surface area contributed by atoms with Gasteiger partial charge in [-0.3, -0.25) is 0 Å². The van der Waals surface area contributed by atoms with Crippen LogP contribution in [0.25, 0.3) is 0 Å². The lowest BCUT2D eigenvalue weighted by atomic mass is 9.44. The highest BCUT2D eigenvalue weighted by molar-refractivity contribution is 5.37. The van der Waals surface area contributed by atoms with E-state index in [-0.39, 0.29) is 6.10 Å². The maximum atomic E-state index is 6.62. The summed E-state index contributed by atoms with van der Waals surface area (Å²) in [5.41, 5.74) is 0.930. The third-order valence-corrected chi connectivity index (χ3v) is 14.5. The highest BCUT2D eigenvalue weighted by Gasteiger charge is 2.60. The molecule has 0 spiro atoms. The fraction of sp³-hybridized carbons (Fsp3) is 0.773. The van der Waals surface area contributed by atoms with Crippen molar-refractivity contribution in [1.29, 1.82) is 0 Å². The molecule has 0 unspecified atom stereocenters. The zero-order valence-electron chi connectivity index (χ0n) is 33.0. The molecule has 9 nitrogen and oxygen atoms in total. The molecule has 2 aromatic heterocycles. The van der Waals surface area contributed by atoms with E-state index in [0.29, 0.717) is 56.4 Å². The van der Waals surface area contributed by atoms with Crippen LogP contribution in [0.2, 0.25) is 0 Å². The molecule has 0 aromatic carbocycles. The van der Waals surface area contributed by atoms with Crippen molar-refractivity contribution < 1.29 is 23.7 Å². The van der Waals surface area contributed by atoms with Crippen molar-refractivity contribution in [1.82, 2.24) is 9.97 Å². The Morgan fingerprint density at radius 1 is 0.604 bits per heavy atom. The van der Waals surface area contributed by atoms with Gasteiger partial charge >= 0.3 is 0 Å². The van der Waals surface area contributed by atoms with E-state index in [1.807, 2.05) is 30.3 Å². The van der Waals surface area contributed by atoms with Gasteiger partial charge in [0.05, 0.1) is 33.0 Å². The molecule has 4 aliphatic carbocycles. The van der Waals surface area contributed by atoms with Crippen LogP contribution < -0.4 is 20.1 Å². The van der Waals surface area contributed by atoms with Crippen molar-refractivity contribution in [3.8, 4) is 11.8 Å². The van der Waals surface area contributed by atoms with Gasteiger partial charge in [0.15, 0.2) is 0 Å². The predicted molar refractivity (Wildman–Crippen MR) is 211 cm³/mol. The van der Waals surface area contributed by atoms with Gasteiger partial charge in [0, 0.05) is 38.4 Å². The molecule has 0 saturated heterocycles. The monoisotopic (exact) mass is 733 g/mol. The third-order valence-electron chi connectivity index (χ3n) is 14.5. The average Bonchev–Trinajstić information content (AvgIpc) is 3.52. The molecule has 4 saturated carbocycles. The second-order valence-electron chi connectivity index (χ2n) is 17.5. The molecular formula is C44H68N4O5. The summed E-state index contributed by atoms with van der Waals surface area (Å²) < 4.78 is 30.0. The van der Waals surface area contributed by atoms with E-state index in [1.165, 1.54) is 57.8 Å². The number of hydrogen-bond donors (Lipinski definition) is 2. The number of pyridine rings is 2. The minimum Gasteiger partial charge on any atom is -0.478 e. The second-order valence-corrected chi connectivity index (χ2v) is 17.5. The number of fused-ring (bicyclic) bond motifs is 1. The topological polar surface area (TPSA) is 96.0 Å². The Kier molecular flexibility index (Phi) is 13.4. The predicted octanol–water partition coefficient (Wildman–Crippen LogP) is 9.05. The van der Waals surface area contributed by atoms with Crippen molar-refractivity contribution in [3.63, 3.8) is 0 Å². The van der Waals surface area contributed by atoms with Crippen molar-refractivity contribution >= 4 is 11.6 Å². The first-order valence-electron chi connectivity index (χ1n) is 21.4. The first-order valence-corrected chi connectivity index (χ1v) is 21.4. The number of anilines is 2. The van der Waals surface area contributed by atoms with Gasteiger partial charge in [-0.25, -0.2) is 0 Å². The van der Waals surface area contributed by atoms with Crippen molar-refractivity contribution in [3.05, 3.63) is 36.4 Å². The quantitative estimate of drug-likeness (QED) is 0.275. The lowest BCUT2D eigenvalue weighted by molar-refractivity contribution is -0.127. The summed E-state index contributed by atoms with van der Waals surface area (Å²) in [6.07, 6.45) is 16.4. The SMILES string of the molecule is C[C@@H]1CCCOc2cccc(n2)NCCCOCCOCCOCCCNc2cccc(n2)O[C@H]2CC[C@@]3(C)[C@H](CC[C@@H]4[C@@H]3CC[C@]3(C)[C@@H]1CC[C@@H]43)C2. The van der Waals surface area contributed by atoms with Crippen LogP contribution in [0.1, 0.15) is 104 Å². The summed E-state index contributed by atoms with van der Waals surface area (Å²) in [7, 11) is 0. The fourth-order valence-corrected chi connectivity index (χ4v) is 11.8. The molecule has 294 valence electrons. The molecule has 53 heavy (non-hydrogen) atoms. The molecule has 2 N–H and O–H groups in total. The molecule has 5 heterocycles. The number of hydrogen-bond acceptors (Lipinski definition) is 9. The number of aromatic nitrogens is 2. The Bertz CT molecular complexity index is 1430. The summed E-state index contributed by atoms with van der Waals surface area (Å²) in [5, 5.41) is 6.88.